The van der Waals surface area contributed by atoms with E-state index in [4.69, 9.17) is 0 Å². The number of hydrogen-bond acceptors (Lipinski definition) is 5. The molecular weight excluding hydrogens is 373 g/mol. The van der Waals surface area contributed by atoms with E-state index in [1.54, 1.807) is 36.6 Å². The lowest BCUT2D eigenvalue weighted by molar-refractivity contribution is -0.0496. The molecule has 0 spiro atoms. The summed E-state index contributed by atoms with van der Waals surface area (Å²) in [5.74, 6) is -0.586. The zero-order valence-corrected chi connectivity index (χ0v) is 15.3. The normalized spacial score (nSPS) is 21.8. The minimum atomic E-state index is -3.09. The summed E-state index contributed by atoms with van der Waals surface area (Å²) in [7, 11) is 0. The van der Waals surface area contributed by atoms with Gasteiger partial charge in [0.15, 0.2) is 0 Å². The van der Waals surface area contributed by atoms with E-state index in [0.717, 1.165) is 0 Å². The minimum Gasteiger partial charge on any atom is -0.434 e. The predicted octanol–water partition coefficient (Wildman–Crippen LogP) is 3.77. The molecule has 2 N–H and O–H groups in total. The molecule has 1 aliphatic rings. The molecule has 3 aromatic rings. The summed E-state index contributed by atoms with van der Waals surface area (Å²) in [6.07, 6.45) is 2.85. The van der Waals surface area contributed by atoms with Gasteiger partial charge in [-0.25, -0.2) is 4.39 Å². The molecule has 0 radical (unpaired) electrons. The van der Waals surface area contributed by atoms with E-state index < -0.39 is 18.0 Å². The predicted molar refractivity (Wildman–Crippen MR) is 97.0 cm³/mol. The molecule has 28 heavy (non-hydrogen) atoms. The average molecular weight is 392 g/mol. The van der Waals surface area contributed by atoms with Gasteiger partial charge in [-0.3, -0.25) is 4.40 Å². The highest BCUT2D eigenvalue weighted by Gasteiger charge is 2.38. The number of halogens is 3. The fourth-order valence-corrected chi connectivity index (χ4v) is 3.65. The van der Waals surface area contributed by atoms with Crippen LogP contribution >= 0.6 is 0 Å². The number of alkyl halides is 2. The van der Waals surface area contributed by atoms with Crippen molar-refractivity contribution in [1.82, 2.24) is 14.6 Å². The van der Waals surface area contributed by atoms with Crippen LogP contribution in [-0.2, 0) is 0 Å². The third-order valence-electron chi connectivity index (χ3n) is 4.82. The molecule has 148 valence electrons. The highest BCUT2D eigenvalue weighted by atomic mass is 19.3. The van der Waals surface area contributed by atoms with Crippen LogP contribution in [0.1, 0.15) is 25.3 Å². The van der Waals surface area contributed by atoms with Crippen LogP contribution in [0.25, 0.3) is 16.8 Å². The number of anilines is 1. The Kier molecular flexibility index (Phi) is 4.41. The largest absolute Gasteiger partial charge is 0.434 e. The molecule has 1 saturated carbocycles. The van der Waals surface area contributed by atoms with Crippen molar-refractivity contribution in [2.75, 3.05) is 5.32 Å². The van der Waals surface area contributed by atoms with E-state index >= 15 is 0 Å². The Balaban J connectivity index is 1.77. The van der Waals surface area contributed by atoms with E-state index in [0.29, 0.717) is 29.9 Å². The second-order valence-corrected chi connectivity index (χ2v) is 7.38. The fraction of sp³-hybridized carbons (Fsp3) is 0.368. The Morgan fingerprint density at radius 2 is 2.07 bits per heavy atom. The quantitative estimate of drug-likeness (QED) is 0.692. The summed E-state index contributed by atoms with van der Waals surface area (Å²) in [4.78, 5) is 0. The number of benzene rings is 1. The summed E-state index contributed by atoms with van der Waals surface area (Å²) in [6, 6.07) is 6.03. The van der Waals surface area contributed by atoms with Gasteiger partial charge in [-0.15, -0.1) is 10.2 Å². The van der Waals surface area contributed by atoms with Crippen molar-refractivity contribution in [2.24, 2.45) is 0 Å². The summed E-state index contributed by atoms with van der Waals surface area (Å²) in [5.41, 5.74) is 0.175. The number of nitrogens with one attached hydrogen (secondary N) is 1. The first-order valence-corrected chi connectivity index (χ1v) is 8.81. The van der Waals surface area contributed by atoms with Crippen molar-refractivity contribution < 1.29 is 23.0 Å². The molecule has 0 atom stereocenters. The van der Waals surface area contributed by atoms with Gasteiger partial charge in [0.25, 0.3) is 0 Å². The zero-order valence-electron chi connectivity index (χ0n) is 15.3. The van der Waals surface area contributed by atoms with Gasteiger partial charge in [0, 0.05) is 12.2 Å². The first kappa shape index (κ1) is 18.5. The van der Waals surface area contributed by atoms with Gasteiger partial charge in [0.1, 0.15) is 17.3 Å². The molecule has 2 aromatic heterocycles. The molecule has 0 bridgehead atoms. The summed E-state index contributed by atoms with van der Waals surface area (Å²) in [6.45, 7) is 0.253. The number of rotatable bonds is 5. The van der Waals surface area contributed by atoms with Gasteiger partial charge in [0.2, 0.25) is 5.95 Å². The maximum absolute atomic E-state index is 14.7. The van der Waals surface area contributed by atoms with Crippen molar-refractivity contribution in [2.45, 2.75) is 44.9 Å². The van der Waals surface area contributed by atoms with Crippen LogP contribution in [0.4, 0.5) is 19.1 Å². The van der Waals surface area contributed by atoms with Gasteiger partial charge in [-0.1, -0.05) is 0 Å². The topological polar surface area (TPSA) is 71.7 Å². The number of aromatic nitrogens is 3. The van der Waals surface area contributed by atoms with Crippen molar-refractivity contribution in [3.05, 3.63) is 41.8 Å². The first-order valence-electron chi connectivity index (χ1n) is 8.81. The molecule has 4 rings (SSSR count). The molecule has 0 saturated heterocycles. The van der Waals surface area contributed by atoms with Crippen molar-refractivity contribution in [3.8, 4) is 17.0 Å². The van der Waals surface area contributed by atoms with Gasteiger partial charge in [0.05, 0.1) is 16.7 Å². The van der Waals surface area contributed by atoms with E-state index in [9.17, 15) is 18.3 Å². The van der Waals surface area contributed by atoms with Crippen LogP contribution in [0.5, 0.6) is 5.75 Å². The number of fused-ring (bicyclic) bond motifs is 1. The highest BCUT2D eigenvalue weighted by Crippen LogP contribution is 2.37. The van der Waals surface area contributed by atoms with Crippen molar-refractivity contribution in [1.29, 1.82) is 0 Å². The Hall–Kier alpha value is -2.81. The van der Waals surface area contributed by atoms with Gasteiger partial charge in [-0.05, 0) is 56.5 Å². The standard InChI is InChI=1S/C19H19F3N4O2/c1-10-6-12(20)15(14(7-10)28-17(21)22)16-13-4-3-5-26(13)18(25-24-16)23-11-8-19(2,27)9-11/h3-7,11,17,27H,8-9H2,1-2H3,(H,23,25). The molecular formula is C19H19F3N4O2. The SMILES string of the molecule is Cc1cc(F)c(-c2nnc(NC3CC(C)(O)C3)n3cccc23)c(OC(F)F)c1. The molecule has 1 fully saturated rings. The molecule has 0 unspecified atom stereocenters. The lowest BCUT2D eigenvalue weighted by Gasteiger charge is -2.41. The Bertz CT molecular complexity index is 1030. The average Bonchev–Trinajstić information content (AvgIpc) is 3.03. The van der Waals surface area contributed by atoms with E-state index in [1.807, 2.05) is 0 Å². The van der Waals surface area contributed by atoms with Crippen LogP contribution in [0.3, 0.4) is 0 Å². The minimum absolute atomic E-state index is 0.0367. The molecule has 1 aliphatic carbocycles. The third kappa shape index (κ3) is 3.37. The second kappa shape index (κ2) is 6.66. The van der Waals surface area contributed by atoms with Crippen molar-refractivity contribution in [3.63, 3.8) is 0 Å². The molecule has 0 aliphatic heterocycles. The number of aliphatic hydroxyl groups is 1. The smallest absolute Gasteiger partial charge is 0.387 e. The molecule has 2 heterocycles. The summed E-state index contributed by atoms with van der Waals surface area (Å²) < 4.78 is 46.6. The monoisotopic (exact) mass is 392 g/mol. The van der Waals surface area contributed by atoms with E-state index in [1.165, 1.54) is 12.1 Å². The summed E-state index contributed by atoms with van der Waals surface area (Å²) >= 11 is 0. The third-order valence-corrected chi connectivity index (χ3v) is 4.82. The Morgan fingerprint density at radius 1 is 1.32 bits per heavy atom. The number of hydrogen-bond donors (Lipinski definition) is 2. The summed E-state index contributed by atoms with van der Waals surface area (Å²) in [5, 5.41) is 21.3. The molecule has 6 nitrogen and oxygen atoms in total. The van der Waals surface area contributed by atoms with Crippen LogP contribution in [-0.4, -0.2) is 38.0 Å². The lowest BCUT2D eigenvalue weighted by atomic mass is 9.77. The van der Waals surface area contributed by atoms with E-state index in [-0.39, 0.29) is 23.0 Å². The van der Waals surface area contributed by atoms with Gasteiger partial charge in [-0.2, -0.15) is 8.78 Å². The Morgan fingerprint density at radius 3 is 2.75 bits per heavy atom. The number of nitrogens with zero attached hydrogens (tertiary/aromatic N) is 3. The van der Waals surface area contributed by atoms with E-state index in [2.05, 4.69) is 20.3 Å². The highest BCUT2D eigenvalue weighted by molar-refractivity contribution is 5.82. The maximum Gasteiger partial charge on any atom is 0.387 e. The number of aryl methyl sites for hydroxylation is 1. The van der Waals surface area contributed by atoms with Crippen molar-refractivity contribution >= 4 is 11.5 Å². The second-order valence-electron chi connectivity index (χ2n) is 7.38. The first-order chi connectivity index (χ1) is 13.2. The van der Waals surface area contributed by atoms with Crippen LogP contribution in [0, 0.1) is 12.7 Å². The molecule has 9 heteroatoms. The Labute approximate surface area is 159 Å². The van der Waals surface area contributed by atoms with Crippen LogP contribution in [0.2, 0.25) is 0 Å². The zero-order chi connectivity index (χ0) is 20.1. The number of ether oxygens (including phenoxy) is 1. The molecule has 1 aromatic carbocycles. The fourth-order valence-electron chi connectivity index (χ4n) is 3.65. The van der Waals surface area contributed by atoms with Gasteiger partial charge < -0.3 is 15.2 Å². The van der Waals surface area contributed by atoms with Gasteiger partial charge >= 0.3 is 6.61 Å². The molecule has 0 amide bonds. The lowest BCUT2D eigenvalue weighted by Crippen LogP contribution is -2.48. The van der Waals surface area contributed by atoms with Crippen LogP contribution in [0.15, 0.2) is 30.5 Å². The van der Waals surface area contributed by atoms with Crippen LogP contribution < -0.4 is 10.1 Å². The maximum atomic E-state index is 14.7.